The Balaban J connectivity index is 2.05. The van der Waals surface area contributed by atoms with Gasteiger partial charge in [-0.15, -0.1) is 0 Å². The number of sulfonamides is 1. The third-order valence-electron chi connectivity index (χ3n) is 3.68. The summed E-state index contributed by atoms with van der Waals surface area (Å²) in [4.78, 5) is 24.5. The molecule has 0 aliphatic rings. The van der Waals surface area contributed by atoms with E-state index in [1.807, 2.05) is 6.92 Å². The predicted octanol–water partition coefficient (Wildman–Crippen LogP) is 1.84. The van der Waals surface area contributed by atoms with Gasteiger partial charge in [0.25, 0.3) is 5.91 Å². The highest BCUT2D eigenvalue weighted by atomic mass is 32.2. The molecule has 0 aliphatic carbocycles. The molecule has 1 amide bonds. The number of nitrogens with two attached hydrogens (primary N) is 1. The molecular weight excluding hydrogens is 372 g/mol. The second-order valence-electron chi connectivity index (χ2n) is 5.81. The van der Waals surface area contributed by atoms with Gasteiger partial charge in [-0.05, 0) is 50.2 Å². The number of amides is 1. The summed E-state index contributed by atoms with van der Waals surface area (Å²) in [5.41, 5.74) is 1.40. The Labute approximate surface area is 157 Å². The Kier molecular flexibility index (Phi) is 6.19. The standard InChI is InChI=1S/C18H20N2O6S/c1-11-4-9-16(25-3)15(10-11)18(22)26-12(2)17(21)20-13-5-7-14(8-6-13)27(19,23)24/h4-10,12H,1-3H3,(H,20,21)(H2,19,23,24)/t12-/m1/s1. The Morgan fingerprint density at radius 3 is 2.30 bits per heavy atom. The highest BCUT2D eigenvalue weighted by molar-refractivity contribution is 7.89. The highest BCUT2D eigenvalue weighted by Crippen LogP contribution is 2.21. The Bertz CT molecular complexity index is 954. The number of benzene rings is 2. The quantitative estimate of drug-likeness (QED) is 0.723. The van der Waals surface area contributed by atoms with E-state index >= 15 is 0 Å². The summed E-state index contributed by atoms with van der Waals surface area (Å²) in [7, 11) is -2.38. The van der Waals surface area contributed by atoms with Gasteiger partial charge in [0.2, 0.25) is 10.0 Å². The SMILES string of the molecule is COc1ccc(C)cc1C(=O)O[C@H](C)C(=O)Nc1ccc(S(N)(=O)=O)cc1. The molecule has 0 unspecified atom stereocenters. The van der Waals surface area contributed by atoms with Crippen molar-refractivity contribution in [2.75, 3.05) is 12.4 Å². The summed E-state index contributed by atoms with van der Waals surface area (Å²) in [6, 6.07) is 10.3. The maximum absolute atomic E-state index is 12.3. The number of nitrogens with one attached hydrogen (secondary N) is 1. The molecule has 1 atom stereocenters. The van der Waals surface area contributed by atoms with Crippen molar-refractivity contribution in [1.82, 2.24) is 0 Å². The van der Waals surface area contributed by atoms with Crippen molar-refractivity contribution in [2.24, 2.45) is 5.14 Å². The molecule has 0 spiro atoms. The molecule has 0 saturated heterocycles. The third-order valence-corrected chi connectivity index (χ3v) is 4.61. The van der Waals surface area contributed by atoms with Crippen molar-refractivity contribution in [3.8, 4) is 5.75 Å². The largest absolute Gasteiger partial charge is 0.496 e. The number of carbonyl (C=O) groups is 2. The summed E-state index contributed by atoms with van der Waals surface area (Å²) < 4.78 is 32.8. The molecule has 0 saturated carbocycles. The summed E-state index contributed by atoms with van der Waals surface area (Å²) in [5, 5.41) is 7.55. The zero-order chi connectivity index (χ0) is 20.2. The molecule has 0 fully saturated rings. The van der Waals surface area contributed by atoms with Gasteiger partial charge in [0.1, 0.15) is 11.3 Å². The number of esters is 1. The van der Waals surface area contributed by atoms with Crippen LogP contribution in [-0.4, -0.2) is 33.5 Å². The minimum absolute atomic E-state index is 0.0773. The van der Waals surface area contributed by atoms with Gasteiger partial charge in [-0.2, -0.15) is 0 Å². The van der Waals surface area contributed by atoms with Gasteiger partial charge in [0, 0.05) is 5.69 Å². The molecule has 0 radical (unpaired) electrons. The molecule has 2 aromatic rings. The van der Waals surface area contributed by atoms with Crippen molar-refractivity contribution in [3.05, 3.63) is 53.6 Å². The molecule has 0 heterocycles. The van der Waals surface area contributed by atoms with E-state index in [1.165, 1.54) is 38.3 Å². The highest BCUT2D eigenvalue weighted by Gasteiger charge is 2.21. The molecule has 9 heteroatoms. The summed E-state index contributed by atoms with van der Waals surface area (Å²) in [5.74, 6) is -0.919. The first-order chi connectivity index (χ1) is 12.6. The zero-order valence-corrected chi connectivity index (χ0v) is 15.9. The van der Waals surface area contributed by atoms with E-state index in [-0.39, 0.29) is 10.5 Å². The van der Waals surface area contributed by atoms with E-state index in [0.717, 1.165) is 5.56 Å². The van der Waals surface area contributed by atoms with Gasteiger partial charge >= 0.3 is 5.97 Å². The lowest BCUT2D eigenvalue weighted by Crippen LogP contribution is -2.30. The van der Waals surface area contributed by atoms with Crippen LogP contribution < -0.4 is 15.2 Å². The molecule has 0 bridgehead atoms. The first-order valence-corrected chi connectivity index (χ1v) is 9.46. The fraction of sp³-hybridized carbons (Fsp3) is 0.222. The summed E-state index contributed by atoms with van der Waals surface area (Å²) in [6.45, 7) is 3.24. The molecule has 8 nitrogen and oxygen atoms in total. The smallest absolute Gasteiger partial charge is 0.342 e. The van der Waals surface area contributed by atoms with E-state index in [9.17, 15) is 18.0 Å². The van der Waals surface area contributed by atoms with Crippen molar-refractivity contribution in [3.63, 3.8) is 0 Å². The summed E-state index contributed by atoms with van der Waals surface area (Å²) in [6.07, 6.45) is -1.08. The number of carbonyl (C=O) groups excluding carboxylic acids is 2. The van der Waals surface area contributed by atoms with Crippen LogP contribution in [-0.2, 0) is 19.6 Å². The van der Waals surface area contributed by atoms with E-state index in [4.69, 9.17) is 14.6 Å². The number of anilines is 1. The monoisotopic (exact) mass is 392 g/mol. The molecule has 0 aliphatic heterocycles. The Hall–Kier alpha value is -2.91. The first kappa shape index (κ1) is 20.4. The Morgan fingerprint density at radius 2 is 1.74 bits per heavy atom. The van der Waals surface area contributed by atoms with Crippen LogP contribution in [0, 0.1) is 6.92 Å². The minimum atomic E-state index is -3.82. The van der Waals surface area contributed by atoms with Gasteiger partial charge in [-0.25, -0.2) is 18.4 Å². The van der Waals surface area contributed by atoms with Gasteiger partial charge < -0.3 is 14.8 Å². The number of primary sulfonamides is 1. The third kappa shape index (κ3) is 5.28. The van der Waals surface area contributed by atoms with Crippen LogP contribution in [0.5, 0.6) is 5.75 Å². The van der Waals surface area contributed by atoms with E-state index < -0.39 is 28.0 Å². The number of ether oxygens (including phenoxy) is 2. The van der Waals surface area contributed by atoms with Crippen LogP contribution in [0.2, 0.25) is 0 Å². The number of methoxy groups -OCH3 is 1. The fourth-order valence-electron chi connectivity index (χ4n) is 2.23. The molecule has 27 heavy (non-hydrogen) atoms. The van der Waals surface area contributed by atoms with Crippen LogP contribution in [0.25, 0.3) is 0 Å². The number of aryl methyl sites for hydroxylation is 1. The van der Waals surface area contributed by atoms with E-state index in [1.54, 1.807) is 18.2 Å². The maximum atomic E-state index is 12.3. The average Bonchev–Trinajstić information content (AvgIpc) is 2.61. The molecular formula is C18H20N2O6S. The van der Waals surface area contributed by atoms with Gasteiger partial charge in [-0.3, -0.25) is 4.79 Å². The predicted molar refractivity (Wildman–Crippen MR) is 99.1 cm³/mol. The van der Waals surface area contributed by atoms with Crippen molar-refractivity contribution < 1.29 is 27.5 Å². The number of rotatable bonds is 6. The van der Waals surface area contributed by atoms with E-state index in [2.05, 4.69) is 5.32 Å². The van der Waals surface area contributed by atoms with E-state index in [0.29, 0.717) is 11.4 Å². The second kappa shape index (κ2) is 8.19. The lowest BCUT2D eigenvalue weighted by Gasteiger charge is -2.15. The zero-order valence-electron chi connectivity index (χ0n) is 15.1. The Morgan fingerprint density at radius 1 is 1.11 bits per heavy atom. The summed E-state index contributed by atoms with van der Waals surface area (Å²) >= 11 is 0. The molecule has 0 aromatic heterocycles. The van der Waals surface area contributed by atoms with Crippen molar-refractivity contribution >= 4 is 27.6 Å². The lowest BCUT2D eigenvalue weighted by molar-refractivity contribution is -0.123. The van der Waals surface area contributed by atoms with Crippen molar-refractivity contribution in [2.45, 2.75) is 24.8 Å². The minimum Gasteiger partial charge on any atom is -0.496 e. The van der Waals surface area contributed by atoms with Gasteiger partial charge in [0.05, 0.1) is 12.0 Å². The number of hydrogen-bond acceptors (Lipinski definition) is 6. The first-order valence-electron chi connectivity index (χ1n) is 7.91. The average molecular weight is 392 g/mol. The molecule has 144 valence electrons. The van der Waals surface area contributed by atoms with Gasteiger partial charge in [-0.1, -0.05) is 11.6 Å². The lowest BCUT2D eigenvalue weighted by atomic mass is 10.1. The van der Waals surface area contributed by atoms with Crippen LogP contribution in [0.1, 0.15) is 22.8 Å². The molecule has 3 N–H and O–H groups in total. The van der Waals surface area contributed by atoms with Gasteiger partial charge in [0.15, 0.2) is 6.10 Å². The fourth-order valence-corrected chi connectivity index (χ4v) is 2.75. The molecule has 2 aromatic carbocycles. The number of hydrogen-bond donors (Lipinski definition) is 2. The topological polar surface area (TPSA) is 125 Å². The van der Waals surface area contributed by atoms with Crippen LogP contribution >= 0.6 is 0 Å². The van der Waals surface area contributed by atoms with Crippen LogP contribution in [0.3, 0.4) is 0 Å². The molecule has 2 rings (SSSR count). The second-order valence-corrected chi connectivity index (χ2v) is 7.37. The van der Waals surface area contributed by atoms with Crippen LogP contribution in [0.15, 0.2) is 47.4 Å². The normalized spacial score (nSPS) is 12.1. The van der Waals surface area contributed by atoms with Crippen LogP contribution in [0.4, 0.5) is 5.69 Å². The van der Waals surface area contributed by atoms with Crippen molar-refractivity contribution in [1.29, 1.82) is 0 Å². The maximum Gasteiger partial charge on any atom is 0.342 e.